The van der Waals surface area contributed by atoms with Gasteiger partial charge in [-0.3, -0.25) is 0 Å². The van der Waals surface area contributed by atoms with Crippen molar-refractivity contribution in [3.63, 3.8) is 0 Å². The van der Waals surface area contributed by atoms with E-state index in [1.807, 2.05) is 30.3 Å². The Morgan fingerprint density at radius 3 is 2.65 bits per heavy atom. The van der Waals surface area contributed by atoms with Crippen molar-refractivity contribution < 1.29 is 4.42 Å². The maximum absolute atomic E-state index is 6.04. The van der Waals surface area contributed by atoms with E-state index in [0.29, 0.717) is 18.5 Å². The minimum Gasteiger partial charge on any atom is -0.443 e. The molecule has 1 aromatic carbocycles. The number of aromatic nitrogens is 1. The average molecular weight is 312 g/mol. The molecule has 3 rings (SSSR count). The van der Waals surface area contributed by atoms with Crippen LogP contribution in [0.3, 0.4) is 0 Å². The Kier molecular flexibility index (Phi) is 5.29. The maximum Gasteiger partial charge on any atom is 0.189 e. The van der Waals surface area contributed by atoms with Gasteiger partial charge in [0, 0.05) is 11.6 Å². The minimum atomic E-state index is 0.423. The molecule has 0 saturated heterocycles. The van der Waals surface area contributed by atoms with Crippen LogP contribution in [0.5, 0.6) is 0 Å². The lowest BCUT2D eigenvalue weighted by Gasteiger charge is -2.16. The Hall–Kier alpha value is -2.30. The van der Waals surface area contributed by atoms with Crippen LogP contribution in [-0.4, -0.2) is 17.0 Å². The SMILES string of the molecule is NC(=NCc1ncoc1-c1ccccc1)NC1CCCCCC1. The van der Waals surface area contributed by atoms with Crippen molar-refractivity contribution in [1.82, 2.24) is 10.3 Å². The number of rotatable bonds is 4. The van der Waals surface area contributed by atoms with Gasteiger partial charge in [0.05, 0.1) is 6.54 Å². The third-order valence-electron chi connectivity index (χ3n) is 4.28. The van der Waals surface area contributed by atoms with E-state index in [9.17, 15) is 0 Å². The minimum absolute atomic E-state index is 0.423. The molecule has 1 aromatic heterocycles. The average Bonchev–Trinajstić information content (AvgIpc) is 2.91. The molecule has 1 aliphatic carbocycles. The number of guanidine groups is 1. The molecule has 0 radical (unpaired) electrons. The van der Waals surface area contributed by atoms with Crippen LogP contribution in [0.1, 0.15) is 44.2 Å². The molecular weight excluding hydrogens is 288 g/mol. The smallest absolute Gasteiger partial charge is 0.189 e. The monoisotopic (exact) mass is 312 g/mol. The first kappa shape index (κ1) is 15.6. The summed E-state index contributed by atoms with van der Waals surface area (Å²) in [6.45, 7) is 0.423. The van der Waals surface area contributed by atoms with Crippen molar-refractivity contribution in [2.75, 3.05) is 0 Å². The van der Waals surface area contributed by atoms with Gasteiger partial charge in [0.15, 0.2) is 18.1 Å². The van der Waals surface area contributed by atoms with Gasteiger partial charge in [-0.15, -0.1) is 0 Å². The topological polar surface area (TPSA) is 76.4 Å². The fourth-order valence-corrected chi connectivity index (χ4v) is 3.04. The largest absolute Gasteiger partial charge is 0.443 e. The number of nitrogens with one attached hydrogen (secondary N) is 1. The Bertz CT molecular complexity index is 627. The molecule has 1 fully saturated rings. The Morgan fingerprint density at radius 1 is 1.17 bits per heavy atom. The maximum atomic E-state index is 6.04. The fraction of sp³-hybridized carbons (Fsp3) is 0.444. The standard InChI is InChI=1S/C18H24N4O/c19-18(22-15-10-6-1-2-7-11-15)20-12-16-17(23-13-21-16)14-8-4-3-5-9-14/h3-5,8-9,13,15H,1-2,6-7,10-12H2,(H3,19,20,22). The van der Waals surface area contributed by atoms with Gasteiger partial charge in [0.1, 0.15) is 5.69 Å². The fourth-order valence-electron chi connectivity index (χ4n) is 3.04. The van der Waals surface area contributed by atoms with Crippen LogP contribution < -0.4 is 11.1 Å². The third kappa shape index (κ3) is 4.34. The first-order valence-corrected chi connectivity index (χ1v) is 8.37. The molecule has 122 valence electrons. The van der Waals surface area contributed by atoms with Gasteiger partial charge in [0.2, 0.25) is 0 Å². The second-order valence-corrected chi connectivity index (χ2v) is 6.03. The van der Waals surface area contributed by atoms with E-state index in [4.69, 9.17) is 10.2 Å². The molecule has 1 aliphatic rings. The molecule has 5 heteroatoms. The van der Waals surface area contributed by atoms with Gasteiger partial charge >= 0.3 is 0 Å². The molecule has 2 aromatic rings. The number of nitrogens with zero attached hydrogens (tertiary/aromatic N) is 2. The van der Waals surface area contributed by atoms with Gasteiger partial charge in [0.25, 0.3) is 0 Å². The van der Waals surface area contributed by atoms with Crippen molar-refractivity contribution in [1.29, 1.82) is 0 Å². The molecule has 1 saturated carbocycles. The highest BCUT2D eigenvalue weighted by Crippen LogP contribution is 2.23. The second-order valence-electron chi connectivity index (χ2n) is 6.03. The molecule has 0 unspecified atom stereocenters. The number of nitrogens with two attached hydrogens (primary N) is 1. The van der Waals surface area contributed by atoms with Crippen LogP contribution in [0.15, 0.2) is 46.1 Å². The molecule has 3 N–H and O–H groups in total. The van der Waals surface area contributed by atoms with Crippen LogP contribution in [0.2, 0.25) is 0 Å². The Balaban J connectivity index is 1.62. The summed E-state index contributed by atoms with van der Waals surface area (Å²) < 4.78 is 5.51. The van der Waals surface area contributed by atoms with Crippen molar-refractivity contribution in [2.24, 2.45) is 10.7 Å². The van der Waals surface area contributed by atoms with Gasteiger partial charge in [-0.2, -0.15) is 0 Å². The van der Waals surface area contributed by atoms with E-state index in [0.717, 1.165) is 17.0 Å². The molecule has 0 atom stereocenters. The first-order chi connectivity index (χ1) is 11.3. The molecular formula is C18H24N4O. The third-order valence-corrected chi connectivity index (χ3v) is 4.28. The Morgan fingerprint density at radius 2 is 1.91 bits per heavy atom. The van der Waals surface area contributed by atoms with Crippen molar-refractivity contribution in [2.45, 2.75) is 51.1 Å². The molecule has 1 heterocycles. The molecule has 5 nitrogen and oxygen atoms in total. The van der Waals surface area contributed by atoms with Gasteiger partial charge < -0.3 is 15.5 Å². The molecule has 0 bridgehead atoms. The van der Waals surface area contributed by atoms with Crippen molar-refractivity contribution in [3.05, 3.63) is 42.4 Å². The predicted molar refractivity (Wildman–Crippen MR) is 91.9 cm³/mol. The van der Waals surface area contributed by atoms with Crippen LogP contribution >= 0.6 is 0 Å². The summed E-state index contributed by atoms with van der Waals surface area (Å²) in [5.74, 6) is 1.26. The second kappa shape index (κ2) is 7.81. The quantitative estimate of drug-likeness (QED) is 0.515. The molecule has 23 heavy (non-hydrogen) atoms. The lowest BCUT2D eigenvalue weighted by atomic mass is 10.1. The summed E-state index contributed by atoms with van der Waals surface area (Å²) in [5, 5.41) is 3.35. The number of hydrogen-bond donors (Lipinski definition) is 2. The number of aliphatic imine (C=N–C) groups is 1. The summed E-state index contributed by atoms with van der Waals surface area (Å²) in [4.78, 5) is 8.71. The van der Waals surface area contributed by atoms with Crippen molar-refractivity contribution in [3.8, 4) is 11.3 Å². The lowest BCUT2D eigenvalue weighted by molar-refractivity contribution is 0.530. The van der Waals surface area contributed by atoms with E-state index < -0.39 is 0 Å². The van der Waals surface area contributed by atoms with Crippen LogP contribution in [0.4, 0.5) is 0 Å². The van der Waals surface area contributed by atoms with Crippen molar-refractivity contribution >= 4 is 5.96 Å². The number of oxazole rings is 1. The van der Waals surface area contributed by atoms with Crippen LogP contribution in [-0.2, 0) is 6.54 Å². The van der Waals surface area contributed by atoms with Gasteiger partial charge in [-0.25, -0.2) is 9.98 Å². The predicted octanol–water partition coefficient (Wildman–Crippen LogP) is 3.47. The van der Waals surface area contributed by atoms with E-state index in [1.165, 1.54) is 44.9 Å². The van der Waals surface area contributed by atoms with E-state index >= 15 is 0 Å². The highest BCUT2D eigenvalue weighted by atomic mass is 16.3. The van der Waals surface area contributed by atoms with E-state index in [2.05, 4.69) is 15.3 Å². The number of benzene rings is 1. The van der Waals surface area contributed by atoms with E-state index in [1.54, 1.807) is 0 Å². The Labute approximate surface area is 137 Å². The summed E-state index contributed by atoms with van der Waals surface area (Å²) in [5.41, 5.74) is 7.85. The van der Waals surface area contributed by atoms with Gasteiger partial charge in [-0.05, 0) is 12.8 Å². The molecule has 0 amide bonds. The van der Waals surface area contributed by atoms with Crippen LogP contribution in [0, 0.1) is 0 Å². The number of hydrogen-bond acceptors (Lipinski definition) is 3. The zero-order chi connectivity index (χ0) is 15.9. The normalized spacial score (nSPS) is 17.0. The van der Waals surface area contributed by atoms with Crippen LogP contribution in [0.25, 0.3) is 11.3 Å². The highest BCUT2D eigenvalue weighted by molar-refractivity contribution is 5.78. The summed E-state index contributed by atoms with van der Waals surface area (Å²) >= 11 is 0. The highest BCUT2D eigenvalue weighted by Gasteiger charge is 2.13. The summed E-state index contributed by atoms with van der Waals surface area (Å²) in [6, 6.07) is 10.4. The first-order valence-electron chi connectivity index (χ1n) is 8.37. The summed E-state index contributed by atoms with van der Waals surface area (Å²) in [6.07, 6.45) is 9.01. The zero-order valence-corrected chi connectivity index (χ0v) is 13.4. The molecule has 0 spiro atoms. The zero-order valence-electron chi connectivity index (χ0n) is 13.4. The van der Waals surface area contributed by atoms with Gasteiger partial charge in [-0.1, -0.05) is 56.0 Å². The lowest BCUT2D eigenvalue weighted by Crippen LogP contribution is -2.39. The summed E-state index contributed by atoms with van der Waals surface area (Å²) in [7, 11) is 0. The molecule has 0 aliphatic heterocycles. The van der Waals surface area contributed by atoms with E-state index in [-0.39, 0.29) is 0 Å².